The van der Waals surface area contributed by atoms with E-state index in [0.717, 1.165) is 19.4 Å². The molecular weight excluding hydrogens is 218 g/mol. The van der Waals surface area contributed by atoms with Crippen molar-refractivity contribution in [2.24, 2.45) is 17.8 Å². The molecule has 0 bridgehead atoms. The Morgan fingerprint density at radius 3 is 2.53 bits per heavy atom. The number of amides is 1. The van der Waals surface area contributed by atoms with E-state index in [1.54, 1.807) is 4.90 Å². The second-order valence-electron chi connectivity index (χ2n) is 5.17. The average molecular weight is 237 g/mol. The van der Waals surface area contributed by atoms with Gasteiger partial charge >= 0.3 is 5.97 Å². The van der Waals surface area contributed by atoms with Crippen LogP contribution in [0.3, 0.4) is 0 Å². The highest BCUT2D eigenvalue weighted by atomic mass is 16.4. The van der Waals surface area contributed by atoms with Gasteiger partial charge in [0.1, 0.15) is 0 Å². The first kappa shape index (κ1) is 12.1. The van der Waals surface area contributed by atoms with Crippen molar-refractivity contribution in [3.05, 3.63) is 12.2 Å². The van der Waals surface area contributed by atoms with Gasteiger partial charge in [0.15, 0.2) is 0 Å². The van der Waals surface area contributed by atoms with Crippen LogP contribution in [0, 0.1) is 17.8 Å². The molecule has 1 unspecified atom stereocenters. The number of hydrogen-bond donors (Lipinski definition) is 1. The molecule has 1 amide bonds. The highest BCUT2D eigenvalue weighted by Crippen LogP contribution is 2.37. The zero-order valence-electron chi connectivity index (χ0n) is 10.1. The van der Waals surface area contributed by atoms with Crippen molar-refractivity contribution in [2.45, 2.75) is 26.2 Å². The van der Waals surface area contributed by atoms with Crippen LogP contribution in [0.2, 0.25) is 0 Å². The first-order valence-corrected chi connectivity index (χ1v) is 6.26. The summed E-state index contributed by atoms with van der Waals surface area (Å²) in [5, 5.41) is 9.16. The summed E-state index contributed by atoms with van der Waals surface area (Å²) in [5.74, 6) is -1.24. The number of hydrogen-bond acceptors (Lipinski definition) is 2. The standard InChI is InChI=1S/C13H19NO3/c1-9-7-10(11(8-9)13(16)17)12(15)14-5-3-2-4-6-14/h2-3,9-11H,4-8H2,1H3,(H,16,17)/t9?,10-,11+/m0/s1. The third-order valence-corrected chi connectivity index (χ3v) is 3.80. The molecule has 0 saturated heterocycles. The van der Waals surface area contributed by atoms with E-state index in [-0.39, 0.29) is 11.8 Å². The smallest absolute Gasteiger partial charge is 0.307 e. The SMILES string of the molecule is CC1C[C@H](C(=O)N2CC=CCC2)[C@H](C(=O)O)C1. The fourth-order valence-corrected chi connectivity index (χ4v) is 2.91. The van der Waals surface area contributed by atoms with E-state index in [9.17, 15) is 9.59 Å². The Morgan fingerprint density at radius 1 is 1.24 bits per heavy atom. The summed E-state index contributed by atoms with van der Waals surface area (Å²) >= 11 is 0. The molecule has 0 aromatic heterocycles. The molecule has 1 N–H and O–H groups in total. The molecule has 1 aliphatic heterocycles. The molecule has 3 atom stereocenters. The van der Waals surface area contributed by atoms with E-state index in [0.29, 0.717) is 18.9 Å². The predicted octanol–water partition coefficient (Wildman–Crippen LogP) is 1.52. The zero-order chi connectivity index (χ0) is 12.4. The number of nitrogens with zero attached hydrogens (tertiary/aromatic N) is 1. The molecule has 2 rings (SSSR count). The van der Waals surface area contributed by atoms with E-state index < -0.39 is 11.9 Å². The summed E-state index contributed by atoms with van der Waals surface area (Å²) in [4.78, 5) is 25.2. The van der Waals surface area contributed by atoms with Gasteiger partial charge in [0.25, 0.3) is 0 Å². The van der Waals surface area contributed by atoms with Crippen LogP contribution in [-0.4, -0.2) is 35.0 Å². The van der Waals surface area contributed by atoms with Crippen molar-refractivity contribution >= 4 is 11.9 Å². The van der Waals surface area contributed by atoms with Crippen LogP contribution in [0.25, 0.3) is 0 Å². The lowest BCUT2D eigenvalue weighted by Gasteiger charge is -2.27. The number of carboxylic acid groups (broad SMARTS) is 1. The van der Waals surface area contributed by atoms with Crippen LogP contribution in [0.15, 0.2) is 12.2 Å². The van der Waals surface area contributed by atoms with Gasteiger partial charge in [-0.05, 0) is 25.2 Å². The van der Waals surface area contributed by atoms with E-state index in [2.05, 4.69) is 6.08 Å². The Balaban J connectivity index is 2.07. The molecule has 1 fully saturated rings. The fourth-order valence-electron chi connectivity index (χ4n) is 2.91. The van der Waals surface area contributed by atoms with Crippen molar-refractivity contribution in [3.63, 3.8) is 0 Å². The summed E-state index contributed by atoms with van der Waals surface area (Å²) in [7, 11) is 0. The zero-order valence-corrected chi connectivity index (χ0v) is 10.1. The highest BCUT2D eigenvalue weighted by molar-refractivity contribution is 5.85. The maximum Gasteiger partial charge on any atom is 0.307 e. The summed E-state index contributed by atoms with van der Waals surface area (Å²) in [6.45, 7) is 3.39. The lowest BCUT2D eigenvalue weighted by Crippen LogP contribution is -2.40. The molecule has 0 spiro atoms. The van der Waals surface area contributed by atoms with E-state index in [1.807, 2.05) is 13.0 Å². The molecule has 17 heavy (non-hydrogen) atoms. The third-order valence-electron chi connectivity index (χ3n) is 3.80. The lowest BCUT2D eigenvalue weighted by molar-refractivity contribution is -0.149. The quantitative estimate of drug-likeness (QED) is 0.741. The minimum atomic E-state index is -0.819. The predicted molar refractivity (Wildman–Crippen MR) is 63.4 cm³/mol. The molecule has 94 valence electrons. The van der Waals surface area contributed by atoms with Crippen molar-refractivity contribution in [3.8, 4) is 0 Å². The molecule has 4 heteroatoms. The van der Waals surface area contributed by atoms with Gasteiger partial charge < -0.3 is 10.0 Å². The molecule has 0 aromatic rings. The van der Waals surface area contributed by atoms with Crippen LogP contribution >= 0.6 is 0 Å². The minimum absolute atomic E-state index is 0.0334. The number of carboxylic acids is 1. The molecular formula is C13H19NO3. The second kappa shape index (κ2) is 4.90. The highest BCUT2D eigenvalue weighted by Gasteiger charge is 2.42. The summed E-state index contributed by atoms with van der Waals surface area (Å²) < 4.78 is 0. The number of rotatable bonds is 2. The average Bonchev–Trinajstić information content (AvgIpc) is 2.72. The maximum atomic E-state index is 12.3. The molecule has 1 saturated carbocycles. The van der Waals surface area contributed by atoms with E-state index in [1.165, 1.54) is 0 Å². The monoisotopic (exact) mass is 237 g/mol. The van der Waals surface area contributed by atoms with Crippen molar-refractivity contribution in [2.75, 3.05) is 13.1 Å². The molecule has 0 radical (unpaired) electrons. The van der Waals surface area contributed by atoms with Gasteiger partial charge in [-0.25, -0.2) is 0 Å². The number of carbonyl (C=O) groups excluding carboxylic acids is 1. The Hall–Kier alpha value is -1.32. The summed E-state index contributed by atoms with van der Waals surface area (Å²) in [5.41, 5.74) is 0. The third kappa shape index (κ3) is 2.51. The van der Waals surface area contributed by atoms with Crippen LogP contribution in [-0.2, 0) is 9.59 Å². The molecule has 0 aromatic carbocycles. The second-order valence-corrected chi connectivity index (χ2v) is 5.17. The van der Waals surface area contributed by atoms with Gasteiger partial charge in [0.05, 0.1) is 11.8 Å². The van der Waals surface area contributed by atoms with Crippen LogP contribution in [0.4, 0.5) is 0 Å². The molecule has 1 heterocycles. The van der Waals surface area contributed by atoms with E-state index >= 15 is 0 Å². The Morgan fingerprint density at radius 2 is 1.94 bits per heavy atom. The van der Waals surface area contributed by atoms with Gasteiger partial charge in [-0.2, -0.15) is 0 Å². The topological polar surface area (TPSA) is 57.6 Å². The number of carbonyl (C=O) groups is 2. The Bertz CT molecular complexity index is 351. The lowest BCUT2D eigenvalue weighted by atomic mass is 9.94. The number of aliphatic carboxylic acids is 1. The first-order valence-electron chi connectivity index (χ1n) is 6.26. The summed E-state index contributed by atoms with van der Waals surface area (Å²) in [6, 6.07) is 0. The van der Waals surface area contributed by atoms with Gasteiger partial charge in [-0.15, -0.1) is 0 Å². The largest absolute Gasteiger partial charge is 0.481 e. The van der Waals surface area contributed by atoms with E-state index in [4.69, 9.17) is 5.11 Å². The van der Waals surface area contributed by atoms with Crippen LogP contribution in [0.5, 0.6) is 0 Å². The first-order chi connectivity index (χ1) is 8.09. The van der Waals surface area contributed by atoms with Crippen molar-refractivity contribution < 1.29 is 14.7 Å². The Kier molecular flexibility index (Phi) is 3.50. The molecule has 4 nitrogen and oxygen atoms in total. The van der Waals surface area contributed by atoms with Crippen molar-refractivity contribution in [1.29, 1.82) is 0 Å². The van der Waals surface area contributed by atoms with Gasteiger partial charge in [0.2, 0.25) is 5.91 Å². The van der Waals surface area contributed by atoms with Crippen molar-refractivity contribution in [1.82, 2.24) is 4.90 Å². The van der Waals surface area contributed by atoms with Gasteiger partial charge in [0, 0.05) is 13.1 Å². The maximum absolute atomic E-state index is 12.3. The van der Waals surface area contributed by atoms with Crippen LogP contribution < -0.4 is 0 Å². The van der Waals surface area contributed by atoms with Gasteiger partial charge in [-0.3, -0.25) is 9.59 Å². The minimum Gasteiger partial charge on any atom is -0.481 e. The summed E-state index contributed by atoms with van der Waals surface area (Å²) in [6.07, 6.45) is 6.28. The molecule has 2 aliphatic rings. The normalized spacial score (nSPS) is 32.8. The fraction of sp³-hybridized carbons (Fsp3) is 0.692. The Labute approximate surface area is 101 Å². The molecule has 1 aliphatic carbocycles. The van der Waals surface area contributed by atoms with Crippen LogP contribution in [0.1, 0.15) is 26.2 Å². The van der Waals surface area contributed by atoms with Gasteiger partial charge in [-0.1, -0.05) is 19.1 Å².